The molecule has 0 radical (unpaired) electrons. The Kier molecular flexibility index (Phi) is 3.54. The highest BCUT2D eigenvalue weighted by atomic mass is 16.3. The van der Waals surface area contributed by atoms with E-state index in [1.165, 1.54) is 27.8 Å². The van der Waals surface area contributed by atoms with Crippen molar-refractivity contribution in [3.63, 3.8) is 0 Å². The summed E-state index contributed by atoms with van der Waals surface area (Å²) in [4.78, 5) is 0. The highest BCUT2D eigenvalue weighted by molar-refractivity contribution is 6.14. The lowest BCUT2D eigenvalue weighted by Crippen LogP contribution is -2.17. The molecule has 0 amide bonds. The maximum atomic E-state index is 8.72. The lowest BCUT2D eigenvalue weighted by Gasteiger charge is -2.28. The van der Waals surface area contributed by atoms with Crippen LogP contribution in [0.4, 0.5) is 0 Å². The average Bonchev–Trinajstić information content (AvgIpc) is 3.50. The van der Waals surface area contributed by atoms with E-state index in [0.29, 0.717) is 16.7 Å². The van der Waals surface area contributed by atoms with Crippen LogP contribution >= 0.6 is 0 Å². The van der Waals surface area contributed by atoms with Crippen molar-refractivity contribution in [2.45, 2.75) is 32.1 Å². The largest absolute Gasteiger partial charge is 0.456 e. The smallest absolute Gasteiger partial charge is 0.136 e. The van der Waals surface area contributed by atoms with Crippen LogP contribution in [-0.2, 0) is 5.41 Å². The number of benzene rings is 5. The average molecular weight is 470 g/mol. The molecule has 1 nitrogen and oxygen atoms in total. The van der Waals surface area contributed by atoms with Gasteiger partial charge >= 0.3 is 0 Å². The van der Waals surface area contributed by atoms with Crippen molar-refractivity contribution in [1.82, 2.24) is 0 Å². The van der Waals surface area contributed by atoms with E-state index < -0.39 is 6.04 Å². The first-order valence-corrected chi connectivity index (χ1v) is 12.3. The SMILES string of the molecule is [2H]c1c([2H])c([2H])c(-c2cccc3oc4ccc(C5c6ccccc6-c6ccccc65)c(C(C)(C)C)c4c23)c([2H])c1[2H]. The summed E-state index contributed by atoms with van der Waals surface area (Å²) in [6.07, 6.45) is 0. The van der Waals surface area contributed by atoms with Crippen molar-refractivity contribution in [3.8, 4) is 22.3 Å². The molecule has 0 fully saturated rings. The molecule has 1 heterocycles. The molecule has 1 aliphatic carbocycles. The van der Waals surface area contributed by atoms with Crippen LogP contribution in [0.2, 0.25) is 0 Å². The van der Waals surface area contributed by atoms with E-state index in [1.807, 2.05) is 24.3 Å². The molecule has 7 rings (SSSR count). The lowest BCUT2D eigenvalue weighted by atomic mass is 9.75. The number of hydrogen-bond acceptors (Lipinski definition) is 1. The summed E-state index contributed by atoms with van der Waals surface area (Å²) in [5, 5.41) is 1.70. The predicted molar refractivity (Wildman–Crippen MR) is 151 cm³/mol. The first-order valence-electron chi connectivity index (χ1n) is 14.8. The van der Waals surface area contributed by atoms with Gasteiger partial charge in [-0.2, -0.15) is 0 Å². The first-order chi connectivity index (χ1) is 19.6. The Morgan fingerprint density at radius 3 is 1.89 bits per heavy atom. The molecule has 174 valence electrons. The minimum atomic E-state index is -0.399. The van der Waals surface area contributed by atoms with Gasteiger partial charge in [-0.1, -0.05) is 118 Å². The maximum absolute atomic E-state index is 8.72. The van der Waals surface area contributed by atoms with Crippen molar-refractivity contribution in [3.05, 3.63) is 131 Å². The summed E-state index contributed by atoms with van der Waals surface area (Å²) in [5.41, 5.74) is 9.12. The Hall–Kier alpha value is -4.10. The molecule has 0 saturated carbocycles. The Bertz CT molecular complexity index is 1970. The van der Waals surface area contributed by atoms with E-state index in [0.717, 1.165) is 16.3 Å². The van der Waals surface area contributed by atoms with Gasteiger partial charge in [-0.25, -0.2) is 0 Å². The molecule has 1 aromatic heterocycles. The van der Waals surface area contributed by atoms with Crippen LogP contribution in [0.3, 0.4) is 0 Å². The molecule has 0 unspecified atom stereocenters. The third kappa shape index (κ3) is 3.02. The molecule has 0 N–H and O–H groups in total. The fourth-order valence-corrected chi connectivity index (χ4v) is 6.06. The van der Waals surface area contributed by atoms with Gasteiger partial charge in [0, 0.05) is 16.7 Å². The maximum Gasteiger partial charge on any atom is 0.136 e. The van der Waals surface area contributed by atoms with E-state index >= 15 is 0 Å². The summed E-state index contributed by atoms with van der Waals surface area (Å²) >= 11 is 0. The molecular weight excluding hydrogens is 436 g/mol. The van der Waals surface area contributed by atoms with Crippen LogP contribution in [0.25, 0.3) is 44.2 Å². The van der Waals surface area contributed by atoms with Gasteiger partial charge in [0.25, 0.3) is 0 Å². The zero-order valence-electron chi connectivity index (χ0n) is 25.5. The van der Waals surface area contributed by atoms with Gasteiger partial charge in [0.2, 0.25) is 0 Å². The van der Waals surface area contributed by atoms with Gasteiger partial charge in [-0.15, -0.1) is 0 Å². The van der Waals surface area contributed by atoms with Gasteiger partial charge in [0.1, 0.15) is 11.2 Å². The highest BCUT2D eigenvalue weighted by Crippen LogP contribution is 2.52. The lowest BCUT2D eigenvalue weighted by molar-refractivity contribution is 0.586. The van der Waals surface area contributed by atoms with E-state index in [-0.39, 0.29) is 41.1 Å². The highest BCUT2D eigenvalue weighted by Gasteiger charge is 2.35. The van der Waals surface area contributed by atoms with Crippen molar-refractivity contribution in [2.75, 3.05) is 0 Å². The van der Waals surface area contributed by atoms with Crippen molar-refractivity contribution < 1.29 is 11.3 Å². The number of hydrogen-bond donors (Lipinski definition) is 0. The second kappa shape index (κ2) is 7.70. The van der Waals surface area contributed by atoms with E-state index in [4.69, 9.17) is 11.3 Å². The summed E-state index contributed by atoms with van der Waals surface area (Å²) in [7, 11) is 0. The predicted octanol–water partition coefficient (Wildman–Crippen LogP) is 9.71. The van der Waals surface area contributed by atoms with Crippen molar-refractivity contribution in [1.29, 1.82) is 0 Å². The summed E-state index contributed by atoms with van der Waals surface area (Å²) in [5.74, 6) is 0.0268. The molecule has 36 heavy (non-hydrogen) atoms. The Labute approximate surface area is 219 Å². The number of fused-ring (bicyclic) bond motifs is 6. The molecule has 1 aliphatic rings. The van der Waals surface area contributed by atoms with Gasteiger partial charge in [0.15, 0.2) is 0 Å². The molecule has 1 heteroatoms. The zero-order valence-corrected chi connectivity index (χ0v) is 20.5. The fourth-order valence-electron chi connectivity index (χ4n) is 6.06. The van der Waals surface area contributed by atoms with E-state index in [1.54, 1.807) is 0 Å². The van der Waals surface area contributed by atoms with Crippen LogP contribution in [0.15, 0.2) is 113 Å². The second-order valence-electron chi connectivity index (χ2n) is 10.5. The van der Waals surface area contributed by atoms with Crippen molar-refractivity contribution in [2.24, 2.45) is 0 Å². The van der Waals surface area contributed by atoms with Gasteiger partial charge in [0.05, 0.1) is 6.85 Å². The Balaban J connectivity index is 1.63. The van der Waals surface area contributed by atoms with Crippen LogP contribution in [-0.4, -0.2) is 0 Å². The quantitative estimate of drug-likeness (QED) is 0.246. The number of rotatable bonds is 2. The second-order valence-corrected chi connectivity index (χ2v) is 10.5. The van der Waals surface area contributed by atoms with Gasteiger partial charge in [-0.3, -0.25) is 0 Å². The molecule has 0 saturated heterocycles. The zero-order chi connectivity index (χ0) is 28.8. The minimum Gasteiger partial charge on any atom is -0.456 e. The summed E-state index contributed by atoms with van der Waals surface area (Å²) in [6, 6.07) is 25.4. The van der Waals surface area contributed by atoms with Gasteiger partial charge < -0.3 is 4.42 Å². The normalized spacial score (nSPS) is 15.2. The van der Waals surface area contributed by atoms with Crippen LogP contribution < -0.4 is 0 Å². The third-order valence-corrected chi connectivity index (χ3v) is 7.36. The first kappa shape index (κ1) is 16.5. The molecular formula is C35H28O. The fraction of sp³-hybridized carbons (Fsp3) is 0.143. The number of furan rings is 1. The van der Waals surface area contributed by atoms with E-state index in [9.17, 15) is 0 Å². The van der Waals surface area contributed by atoms with Crippen molar-refractivity contribution >= 4 is 21.9 Å². The molecule has 0 spiro atoms. The van der Waals surface area contributed by atoms with E-state index in [2.05, 4.69) is 75.4 Å². The van der Waals surface area contributed by atoms with Crippen LogP contribution in [0.1, 0.15) is 55.8 Å². The summed E-state index contributed by atoms with van der Waals surface area (Å²) < 4.78 is 48.6. The monoisotopic (exact) mass is 469 g/mol. The molecule has 0 bridgehead atoms. The summed E-state index contributed by atoms with van der Waals surface area (Å²) in [6.45, 7) is 6.60. The van der Waals surface area contributed by atoms with Crippen LogP contribution in [0, 0.1) is 0 Å². The molecule has 5 aromatic carbocycles. The van der Waals surface area contributed by atoms with Gasteiger partial charge in [-0.05, 0) is 62.1 Å². The Morgan fingerprint density at radius 2 is 1.22 bits per heavy atom. The third-order valence-electron chi connectivity index (χ3n) is 7.36. The molecule has 6 aromatic rings. The standard InChI is InChI=1S/C35H28O/c1-35(2,3)34-28(31-26-16-9-7-14-24(26)25-15-8-10-17-27(25)31)20-21-30-33(34)32-23(18-11-19-29(32)36-30)22-12-5-4-6-13-22/h4-21,31H,1-3H3/i4D,5D,6D,12D,13D. The topological polar surface area (TPSA) is 13.1 Å². The minimum absolute atomic E-state index is 0.0268. The van der Waals surface area contributed by atoms with Crippen LogP contribution in [0.5, 0.6) is 0 Å². The Morgan fingerprint density at radius 1 is 0.611 bits per heavy atom. The molecule has 0 atom stereocenters. The molecule has 0 aliphatic heterocycles.